The van der Waals surface area contributed by atoms with Gasteiger partial charge >= 0.3 is 6.18 Å². The topological polar surface area (TPSA) is 71.3 Å². The highest BCUT2D eigenvalue weighted by atomic mass is 35.5. The van der Waals surface area contributed by atoms with Crippen molar-refractivity contribution < 1.29 is 27.4 Å². The molecule has 2 rings (SSSR count). The van der Waals surface area contributed by atoms with Crippen LogP contribution in [-0.4, -0.2) is 20.1 Å². The molecular weight excluding hydrogens is 397 g/mol. The lowest BCUT2D eigenvalue weighted by molar-refractivity contribution is -0.137. The number of alkyl halides is 3. The van der Waals surface area contributed by atoms with Crippen molar-refractivity contribution in [2.45, 2.75) is 6.18 Å². The van der Waals surface area contributed by atoms with Gasteiger partial charge in [0.15, 0.2) is 0 Å². The summed E-state index contributed by atoms with van der Waals surface area (Å²) in [6.45, 7) is 0. The number of carbonyl (C=O) groups excluding carboxylic acids is 1. The average molecular weight is 411 g/mol. The maximum Gasteiger partial charge on any atom is 0.416 e. The number of nitrogens with zero attached hydrogens (tertiary/aromatic N) is 1. The largest absolute Gasteiger partial charge is 0.497 e. The van der Waals surface area contributed by atoms with E-state index in [4.69, 9.17) is 21.1 Å². The summed E-state index contributed by atoms with van der Waals surface area (Å²) in [4.78, 5) is 12.4. The summed E-state index contributed by atoms with van der Waals surface area (Å²) in [5.41, 5.74) is -1.23. The zero-order valence-electron chi connectivity index (χ0n) is 14.7. The second-order valence-corrected chi connectivity index (χ2v) is 5.83. The van der Waals surface area contributed by atoms with Gasteiger partial charge in [-0.05, 0) is 42.5 Å². The van der Waals surface area contributed by atoms with Gasteiger partial charge in [0.1, 0.15) is 23.1 Å². The first-order valence-corrected chi connectivity index (χ1v) is 8.09. The molecule has 0 aliphatic heterocycles. The smallest absolute Gasteiger partial charge is 0.416 e. The average Bonchev–Trinajstić information content (AvgIpc) is 2.66. The Balaban J connectivity index is 2.38. The third-order valence-corrected chi connectivity index (χ3v) is 3.97. The molecule has 0 saturated heterocycles. The van der Waals surface area contributed by atoms with Gasteiger partial charge in [-0.2, -0.15) is 18.4 Å². The van der Waals surface area contributed by atoms with Crippen LogP contribution in [0.5, 0.6) is 11.5 Å². The molecule has 5 nitrogen and oxygen atoms in total. The van der Waals surface area contributed by atoms with Gasteiger partial charge in [-0.25, -0.2) is 0 Å². The molecule has 2 aromatic carbocycles. The Bertz CT molecular complexity index is 966. The van der Waals surface area contributed by atoms with E-state index < -0.39 is 17.6 Å². The first kappa shape index (κ1) is 21.1. The molecule has 28 heavy (non-hydrogen) atoms. The van der Waals surface area contributed by atoms with Gasteiger partial charge in [0.25, 0.3) is 5.91 Å². The van der Waals surface area contributed by atoms with E-state index in [0.717, 1.165) is 12.1 Å². The zero-order valence-corrected chi connectivity index (χ0v) is 15.5. The number of benzene rings is 2. The second-order valence-electron chi connectivity index (χ2n) is 5.42. The highest BCUT2D eigenvalue weighted by Crippen LogP contribution is 2.34. The predicted molar refractivity (Wildman–Crippen MR) is 98.2 cm³/mol. The van der Waals surface area contributed by atoms with Crippen molar-refractivity contribution in [2.24, 2.45) is 0 Å². The minimum absolute atomic E-state index is 0.0994. The standard InChI is InChI=1S/C19H14ClF3N2O3/c1-27-14-4-6-17(28-2)11(8-14)7-12(10-24)18(26)25-16-9-13(19(21,22)23)3-5-15(16)20/h3-9H,1-2H3,(H,25,26). The molecule has 1 N–H and O–H groups in total. The number of nitrogens with one attached hydrogen (secondary N) is 1. The van der Waals surface area contributed by atoms with Crippen molar-refractivity contribution in [1.82, 2.24) is 0 Å². The summed E-state index contributed by atoms with van der Waals surface area (Å²) >= 11 is 5.86. The van der Waals surface area contributed by atoms with E-state index in [9.17, 15) is 23.2 Å². The Hall–Kier alpha value is -3.18. The van der Waals surface area contributed by atoms with Gasteiger partial charge in [-0.15, -0.1) is 0 Å². The Labute approximate surface area is 163 Å². The van der Waals surface area contributed by atoms with E-state index in [-0.39, 0.29) is 16.3 Å². The number of ether oxygens (including phenoxy) is 2. The van der Waals surface area contributed by atoms with Gasteiger partial charge in [0.2, 0.25) is 0 Å². The predicted octanol–water partition coefficient (Wildman–Crippen LogP) is 4.92. The maximum absolute atomic E-state index is 12.9. The molecule has 0 unspecified atom stereocenters. The number of methoxy groups -OCH3 is 2. The van der Waals surface area contributed by atoms with E-state index in [0.29, 0.717) is 23.1 Å². The molecule has 1 amide bonds. The molecule has 9 heteroatoms. The van der Waals surface area contributed by atoms with E-state index >= 15 is 0 Å². The van der Waals surface area contributed by atoms with Crippen molar-refractivity contribution in [2.75, 3.05) is 19.5 Å². The molecule has 2 aromatic rings. The van der Waals surface area contributed by atoms with Gasteiger partial charge in [-0.3, -0.25) is 4.79 Å². The van der Waals surface area contributed by atoms with E-state index in [1.807, 2.05) is 0 Å². The lowest BCUT2D eigenvalue weighted by Crippen LogP contribution is -2.15. The zero-order chi connectivity index (χ0) is 20.9. The van der Waals surface area contributed by atoms with Crippen LogP contribution in [0.2, 0.25) is 5.02 Å². The minimum Gasteiger partial charge on any atom is -0.497 e. The van der Waals surface area contributed by atoms with Crippen LogP contribution < -0.4 is 14.8 Å². The van der Waals surface area contributed by atoms with Crippen LogP contribution in [0, 0.1) is 11.3 Å². The fraction of sp³-hybridized carbons (Fsp3) is 0.158. The van der Waals surface area contributed by atoms with Crippen molar-refractivity contribution in [3.63, 3.8) is 0 Å². The SMILES string of the molecule is COc1ccc(OC)c(C=C(C#N)C(=O)Nc2cc(C(F)(F)F)ccc2Cl)c1. The van der Waals surface area contributed by atoms with Crippen molar-refractivity contribution in [3.05, 3.63) is 58.1 Å². The number of hydrogen-bond acceptors (Lipinski definition) is 4. The van der Waals surface area contributed by atoms with Crippen LogP contribution in [0.1, 0.15) is 11.1 Å². The third kappa shape index (κ3) is 4.96. The fourth-order valence-electron chi connectivity index (χ4n) is 2.24. The lowest BCUT2D eigenvalue weighted by atomic mass is 10.1. The Morgan fingerprint density at radius 1 is 1.18 bits per heavy atom. The van der Waals surface area contributed by atoms with Crippen LogP contribution in [0.15, 0.2) is 42.0 Å². The van der Waals surface area contributed by atoms with E-state index in [1.54, 1.807) is 24.3 Å². The Kier molecular flexibility index (Phi) is 6.54. The van der Waals surface area contributed by atoms with E-state index in [2.05, 4.69) is 5.32 Å². The fourth-order valence-corrected chi connectivity index (χ4v) is 2.41. The van der Waals surface area contributed by atoms with Crippen molar-refractivity contribution in [1.29, 1.82) is 5.26 Å². The molecule has 0 bridgehead atoms. The first-order chi connectivity index (χ1) is 13.2. The van der Waals surface area contributed by atoms with Crippen molar-refractivity contribution >= 4 is 29.3 Å². The molecule has 0 fully saturated rings. The molecule has 0 heterocycles. The van der Waals surface area contributed by atoms with Crippen LogP contribution in [0.4, 0.5) is 18.9 Å². The Morgan fingerprint density at radius 2 is 1.89 bits per heavy atom. The number of carbonyl (C=O) groups is 1. The van der Waals surface area contributed by atoms with Gasteiger partial charge in [-0.1, -0.05) is 11.6 Å². The first-order valence-electron chi connectivity index (χ1n) is 7.71. The number of nitriles is 1. The highest BCUT2D eigenvalue weighted by molar-refractivity contribution is 6.34. The van der Waals surface area contributed by atoms with Gasteiger partial charge in [0, 0.05) is 5.56 Å². The normalized spacial score (nSPS) is 11.5. The van der Waals surface area contributed by atoms with Crippen LogP contribution in [-0.2, 0) is 11.0 Å². The Morgan fingerprint density at radius 3 is 2.46 bits per heavy atom. The summed E-state index contributed by atoms with van der Waals surface area (Å²) < 4.78 is 48.8. The van der Waals surface area contributed by atoms with Crippen molar-refractivity contribution in [3.8, 4) is 17.6 Å². The molecule has 0 aromatic heterocycles. The third-order valence-electron chi connectivity index (χ3n) is 3.64. The molecular formula is C19H14ClF3N2O3. The highest BCUT2D eigenvalue weighted by Gasteiger charge is 2.31. The number of amides is 1. The van der Waals surface area contributed by atoms with E-state index in [1.165, 1.54) is 20.3 Å². The monoisotopic (exact) mass is 410 g/mol. The van der Waals surface area contributed by atoms with Crippen LogP contribution in [0.3, 0.4) is 0 Å². The summed E-state index contributed by atoms with van der Waals surface area (Å²) in [5, 5.41) is 11.4. The second kappa shape index (κ2) is 8.67. The molecule has 0 spiro atoms. The quantitative estimate of drug-likeness (QED) is 0.561. The molecule has 146 valence electrons. The van der Waals surface area contributed by atoms with Gasteiger partial charge in [0.05, 0.1) is 30.5 Å². The number of hydrogen-bond donors (Lipinski definition) is 1. The van der Waals surface area contributed by atoms with Gasteiger partial charge < -0.3 is 14.8 Å². The number of anilines is 1. The molecule has 0 radical (unpaired) electrons. The molecule has 0 atom stereocenters. The summed E-state index contributed by atoms with van der Waals surface area (Å²) in [7, 11) is 2.86. The molecule has 0 aliphatic rings. The summed E-state index contributed by atoms with van der Waals surface area (Å²) in [6.07, 6.45) is -3.37. The lowest BCUT2D eigenvalue weighted by Gasteiger charge is -2.12. The minimum atomic E-state index is -4.61. The molecule has 0 saturated carbocycles. The summed E-state index contributed by atoms with van der Waals surface area (Å²) in [6, 6.07) is 8.97. The number of rotatable bonds is 5. The van der Waals surface area contributed by atoms with Crippen LogP contribution in [0.25, 0.3) is 6.08 Å². The van der Waals surface area contributed by atoms with Crippen LogP contribution >= 0.6 is 11.6 Å². The maximum atomic E-state index is 12.9. The number of halogens is 4. The summed E-state index contributed by atoms with van der Waals surface area (Å²) in [5.74, 6) is -0.0854. The molecule has 0 aliphatic carbocycles.